The van der Waals surface area contributed by atoms with Gasteiger partial charge in [-0.15, -0.1) is 0 Å². The molecule has 0 radical (unpaired) electrons. The van der Waals surface area contributed by atoms with E-state index in [0.717, 1.165) is 22.2 Å². The number of amides is 1. The fourth-order valence-electron chi connectivity index (χ4n) is 2.21. The molecule has 0 bridgehead atoms. The average molecular weight is 232 g/mol. The monoisotopic (exact) mass is 232 g/mol. The van der Waals surface area contributed by atoms with E-state index in [1.165, 1.54) is 0 Å². The molecule has 0 saturated heterocycles. The maximum absolute atomic E-state index is 11.4. The second-order valence-corrected chi connectivity index (χ2v) is 4.01. The molecule has 0 fully saturated rings. The van der Waals surface area contributed by atoms with E-state index in [0.29, 0.717) is 12.3 Å². The molecule has 0 spiro atoms. The summed E-state index contributed by atoms with van der Waals surface area (Å²) in [5, 5.41) is 1.01. The van der Waals surface area contributed by atoms with Crippen molar-refractivity contribution in [3.63, 3.8) is 0 Å². The first kappa shape index (κ1) is 11.5. The predicted molar refractivity (Wildman–Crippen MR) is 67.3 cm³/mol. The Hall–Kier alpha value is -1.97. The van der Waals surface area contributed by atoms with Crippen LogP contribution in [-0.2, 0) is 7.05 Å². The summed E-state index contributed by atoms with van der Waals surface area (Å²) in [5.41, 5.74) is 7.82. The van der Waals surface area contributed by atoms with Crippen molar-refractivity contribution < 1.29 is 9.53 Å². The second kappa shape index (κ2) is 4.13. The van der Waals surface area contributed by atoms with Gasteiger partial charge >= 0.3 is 0 Å². The summed E-state index contributed by atoms with van der Waals surface area (Å²) in [6.07, 6.45) is 0. The summed E-state index contributed by atoms with van der Waals surface area (Å²) in [7, 11) is 1.84. The van der Waals surface area contributed by atoms with E-state index in [1.807, 2.05) is 43.7 Å². The van der Waals surface area contributed by atoms with Crippen LogP contribution in [0.1, 0.15) is 23.0 Å². The highest BCUT2D eigenvalue weighted by atomic mass is 16.5. The lowest BCUT2D eigenvalue weighted by atomic mass is 10.1. The van der Waals surface area contributed by atoms with Crippen LogP contribution in [0.3, 0.4) is 0 Å². The average Bonchev–Trinajstić information content (AvgIpc) is 2.52. The van der Waals surface area contributed by atoms with Crippen LogP contribution in [0.5, 0.6) is 5.75 Å². The van der Waals surface area contributed by atoms with Gasteiger partial charge in [-0.05, 0) is 37.6 Å². The molecule has 4 heteroatoms. The van der Waals surface area contributed by atoms with E-state index >= 15 is 0 Å². The number of aryl methyl sites for hydroxylation is 2. The van der Waals surface area contributed by atoms with Crippen molar-refractivity contribution >= 4 is 16.8 Å². The number of hydrogen-bond donors (Lipinski definition) is 1. The van der Waals surface area contributed by atoms with E-state index < -0.39 is 5.91 Å². The molecule has 0 unspecified atom stereocenters. The molecular formula is C13H16N2O2. The van der Waals surface area contributed by atoms with Crippen LogP contribution in [0, 0.1) is 6.92 Å². The molecule has 17 heavy (non-hydrogen) atoms. The number of primary amides is 1. The molecule has 0 aliphatic carbocycles. The first-order valence-corrected chi connectivity index (χ1v) is 5.58. The number of benzene rings is 1. The third-order valence-electron chi connectivity index (χ3n) is 2.97. The first-order chi connectivity index (χ1) is 8.06. The molecule has 0 aliphatic rings. The number of ether oxygens (including phenoxy) is 1. The van der Waals surface area contributed by atoms with E-state index in [9.17, 15) is 4.79 Å². The van der Waals surface area contributed by atoms with Crippen molar-refractivity contribution in [1.82, 2.24) is 4.57 Å². The largest absolute Gasteiger partial charge is 0.494 e. The van der Waals surface area contributed by atoms with Crippen LogP contribution in [0.15, 0.2) is 18.2 Å². The zero-order valence-corrected chi connectivity index (χ0v) is 10.3. The van der Waals surface area contributed by atoms with E-state index in [4.69, 9.17) is 10.5 Å². The number of rotatable bonds is 3. The number of nitrogens with zero attached hydrogens (tertiary/aromatic N) is 1. The summed E-state index contributed by atoms with van der Waals surface area (Å²) in [6.45, 7) is 4.47. The van der Waals surface area contributed by atoms with Gasteiger partial charge in [-0.25, -0.2) is 0 Å². The van der Waals surface area contributed by atoms with Gasteiger partial charge < -0.3 is 15.0 Å². The van der Waals surface area contributed by atoms with Crippen molar-refractivity contribution in [1.29, 1.82) is 0 Å². The smallest absolute Gasteiger partial charge is 0.265 e. The quantitative estimate of drug-likeness (QED) is 0.879. The summed E-state index contributed by atoms with van der Waals surface area (Å²) < 4.78 is 7.28. The Bertz CT molecular complexity index is 585. The molecule has 0 saturated carbocycles. The molecule has 0 aliphatic heterocycles. The molecule has 90 valence electrons. The number of nitrogens with two attached hydrogens (primary N) is 1. The maximum Gasteiger partial charge on any atom is 0.265 e. The minimum absolute atomic E-state index is 0.404. The molecule has 1 aromatic heterocycles. The molecule has 1 amide bonds. The Balaban J connectivity index is 2.70. The molecule has 4 nitrogen and oxygen atoms in total. The first-order valence-electron chi connectivity index (χ1n) is 5.58. The number of aromatic nitrogens is 1. The number of carbonyl (C=O) groups is 1. The summed E-state index contributed by atoms with van der Waals surface area (Å²) in [4.78, 5) is 11.4. The van der Waals surface area contributed by atoms with Crippen molar-refractivity contribution in [3.8, 4) is 5.75 Å². The minimum Gasteiger partial charge on any atom is -0.494 e. The van der Waals surface area contributed by atoms with Crippen molar-refractivity contribution in [2.45, 2.75) is 13.8 Å². The van der Waals surface area contributed by atoms with Gasteiger partial charge in [0.15, 0.2) is 0 Å². The lowest BCUT2D eigenvalue weighted by molar-refractivity contribution is 0.0992. The molecule has 2 rings (SSSR count). The normalized spacial score (nSPS) is 10.8. The zero-order chi connectivity index (χ0) is 12.6. The molecule has 1 heterocycles. The van der Waals surface area contributed by atoms with Gasteiger partial charge in [0, 0.05) is 18.0 Å². The third-order valence-corrected chi connectivity index (χ3v) is 2.97. The SMILES string of the molecule is CCOc1ccc2c(c1)c(C)c(C(N)=O)n2C. The van der Waals surface area contributed by atoms with E-state index in [2.05, 4.69) is 0 Å². The number of fused-ring (bicyclic) bond motifs is 1. The van der Waals surface area contributed by atoms with Crippen LogP contribution in [-0.4, -0.2) is 17.1 Å². The highest BCUT2D eigenvalue weighted by Gasteiger charge is 2.16. The highest BCUT2D eigenvalue weighted by Crippen LogP contribution is 2.28. The van der Waals surface area contributed by atoms with Crippen molar-refractivity contribution in [2.24, 2.45) is 12.8 Å². The van der Waals surface area contributed by atoms with Gasteiger partial charge in [-0.2, -0.15) is 0 Å². The Kier molecular flexibility index (Phi) is 2.79. The third kappa shape index (κ3) is 1.75. The van der Waals surface area contributed by atoms with Gasteiger partial charge in [0.2, 0.25) is 0 Å². The van der Waals surface area contributed by atoms with E-state index in [1.54, 1.807) is 0 Å². The summed E-state index contributed by atoms with van der Waals surface area (Å²) in [6, 6.07) is 5.79. The van der Waals surface area contributed by atoms with Gasteiger partial charge in [0.25, 0.3) is 5.91 Å². The van der Waals surface area contributed by atoms with Crippen molar-refractivity contribution in [2.75, 3.05) is 6.61 Å². The zero-order valence-electron chi connectivity index (χ0n) is 10.3. The van der Waals surface area contributed by atoms with Gasteiger partial charge in [-0.3, -0.25) is 4.79 Å². The lowest BCUT2D eigenvalue weighted by Crippen LogP contribution is -2.16. The van der Waals surface area contributed by atoms with Crippen molar-refractivity contribution in [3.05, 3.63) is 29.5 Å². The van der Waals surface area contributed by atoms with Crippen LogP contribution in [0.4, 0.5) is 0 Å². The number of hydrogen-bond acceptors (Lipinski definition) is 2. The van der Waals surface area contributed by atoms with Crippen LogP contribution < -0.4 is 10.5 Å². The second-order valence-electron chi connectivity index (χ2n) is 4.01. The van der Waals surface area contributed by atoms with Crippen LogP contribution >= 0.6 is 0 Å². The summed E-state index contributed by atoms with van der Waals surface area (Å²) >= 11 is 0. The fraction of sp³-hybridized carbons (Fsp3) is 0.308. The molecule has 2 aromatic rings. The topological polar surface area (TPSA) is 57.2 Å². The fourth-order valence-corrected chi connectivity index (χ4v) is 2.21. The molecule has 2 N–H and O–H groups in total. The summed E-state index contributed by atoms with van der Waals surface area (Å²) in [5.74, 6) is 0.406. The maximum atomic E-state index is 11.4. The Labute approximate surface area is 100.0 Å². The van der Waals surface area contributed by atoms with Crippen LogP contribution in [0.25, 0.3) is 10.9 Å². The van der Waals surface area contributed by atoms with Gasteiger partial charge in [-0.1, -0.05) is 0 Å². The Morgan fingerprint density at radius 1 is 1.47 bits per heavy atom. The Morgan fingerprint density at radius 2 is 2.18 bits per heavy atom. The minimum atomic E-state index is -0.404. The van der Waals surface area contributed by atoms with E-state index in [-0.39, 0.29) is 0 Å². The molecule has 0 atom stereocenters. The van der Waals surface area contributed by atoms with Crippen LogP contribution in [0.2, 0.25) is 0 Å². The number of carbonyl (C=O) groups excluding carboxylic acids is 1. The van der Waals surface area contributed by atoms with Gasteiger partial charge in [0.05, 0.1) is 6.61 Å². The molecule has 1 aromatic carbocycles. The van der Waals surface area contributed by atoms with Gasteiger partial charge in [0.1, 0.15) is 11.4 Å². The highest BCUT2D eigenvalue weighted by molar-refractivity contribution is 6.01. The standard InChI is InChI=1S/C13H16N2O2/c1-4-17-9-5-6-11-10(7-9)8(2)12(13(14)16)15(11)3/h5-7H,4H2,1-3H3,(H2,14,16). The Morgan fingerprint density at radius 3 is 2.76 bits per heavy atom. The molecular weight excluding hydrogens is 216 g/mol. The predicted octanol–water partition coefficient (Wildman–Crippen LogP) is 1.98. The lowest BCUT2D eigenvalue weighted by Gasteiger charge is -2.03.